The second kappa shape index (κ2) is 6.43. The predicted octanol–water partition coefficient (Wildman–Crippen LogP) is 1.81. The number of carbonyl (C=O) groups is 2. The van der Waals surface area contributed by atoms with Crippen LogP contribution in [0.2, 0.25) is 0 Å². The van der Waals surface area contributed by atoms with E-state index in [4.69, 9.17) is 0 Å². The molecular formula is C19H22N4O2. The SMILES string of the molecule is CN1C[C@H](C(=O)N2CCC(c3cc4ncccc4cn3)CC2)CC1=O. The Kier molecular flexibility index (Phi) is 4.11. The van der Waals surface area contributed by atoms with Crippen molar-refractivity contribution in [3.63, 3.8) is 0 Å². The number of hydrogen-bond donors (Lipinski definition) is 0. The number of pyridine rings is 2. The molecule has 25 heavy (non-hydrogen) atoms. The van der Waals surface area contributed by atoms with Gasteiger partial charge in [-0.25, -0.2) is 0 Å². The lowest BCUT2D eigenvalue weighted by atomic mass is 9.92. The topological polar surface area (TPSA) is 66.4 Å². The molecule has 6 heteroatoms. The van der Waals surface area contributed by atoms with Gasteiger partial charge in [-0.3, -0.25) is 19.6 Å². The van der Waals surface area contributed by atoms with Crippen LogP contribution < -0.4 is 0 Å². The third kappa shape index (κ3) is 3.08. The second-order valence-electron chi connectivity index (χ2n) is 7.08. The largest absolute Gasteiger partial charge is 0.345 e. The zero-order chi connectivity index (χ0) is 17.4. The molecule has 0 spiro atoms. The Morgan fingerprint density at radius 1 is 1.24 bits per heavy atom. The van der Waals surface area contributed by atoms with Gasteiger partial charge in [0, 0.05) is 62.5 Å². The molecule has 6 nitrogen and oxygen atoms in total. The Hall–Kier alpha value is -2.50. The molecule has 2 aromatic heterocycles. The number of aromatic nitrogens is 2. The standard InChI is InChI=1S/C19H22N4O2/c1-22-12-15(9-18(22)24)19(25)23-7-4-13(5-8-23)16-10-17-14(11-21-16)3-2-6-20-17/h2-3,6,10-11,13,15H,4-5,7-9,12H2,1H3/t15-/m1/s1. The molecule has 0 N–H and O–H groups in total. The minimum Gasteiger partial charge on any atom is -0.345 e. The van der Waals surface area contributed by atoms with Crippen LogP contribution in [-0.4, -0.2) is 58.3 Å². The number of piperidine rings is 1. The molecule has 1 atom stereocenters. The zero-order valence-corrected chi connectivity index (χ0v) is 14.4. The third-order valence-electron chi connectivity index (χ3n) is 5.42. The van der Waals surface area contributed by atoms with Gasteiger partial charge in [0.15, 0.2) is 0 Å². The van der Waals surface area contributed by atoms with Gasteiger partial charge in [-0.05, 0) is 31.0 Å². The van der Waals surface area contributed by atoms with Gasteiger partial charge in [0.25, 0.3) is 0 Å². The van der Waals surface area contributed by atoms with Crippen LogP contribution in [0.25, 0.3) is 10.9 Å². The van der Waals surface area contributed by atoms with E-state index in [0.717, 1.165) is 42.5 Å². The van der Waals surface area contributed by atoms with Gasteiger partial charge in [-0.1, -0.05) is 0 Å². The first-order valence-electron chi connectivity index (χ1n) is 8.85. The quantitative estimate of drug-likeness (QED) is 0.838. The van der Waals surface area contributed by atoms with E-state index in [2.05, 4.69) is 16.0 Å². The van der Waals surface area contributed by atoms with Crippen LogP contribution in [0.5, 0.6) is 0 Å². The lowest BCUT2D eigenvalue weighted by Crippen LogP contribution is -2.42. The summed E-state index contributed by atoms with van der Waals surface area (Å²) in [6.07, 6.45) is 5.86. The van der Waals surface area contributed by atoms with Crippen LogP contribution in [0, 0.1) is 5.92 Å². The Balaban J connectivity index is 1.40. The fraction of sp³-hybridized carbons (Fsp3) is 0.474. The van der Waals surface area contributed by atoms with E-state index < -0.39 is 0 Å². The van der Waals surface area contributed by atoms with E-state index in [1.54, 1.807) is 18.1 Å². The smallest absolute Gasteiger partial charge is 0.227 e. The van der Waals surface area contributed by atoms with Gasteiger partial charge in [0.2, 0.25) is 11.8 Å². The van der Waals surface area contributed by atoms with E-state index in [-0.39, 0.29) is 17.7 Å². The highest BCUT2D eigenvalue weighted by Gasteiger charge is 2.36. The van der Waals surface area contributed by atoms with Crippen molar-refractivity contribution in [2.45, 2.75) is 25.2 Å². The monoisotopic (exact) mass is 338 g/mol. The van der Waals surface area contributed by atoms with E-state index in [1.807, 2.05) is 23.2 Å². The molecule has 4 heterocycles. The molecule has 2 fully saturated rings. The number of fused-ring (bicyclic) bond motifs is 1. The summed E-state index contributed by atoms with van der Waals surface area (Å²) in [5.41, 5.74) is 2.03. The van der Waals surface area contributed by atoms with Crippen molar-refractivity contribution in [3.8, 4) is 0 Å². The van der Waals surface area contributed by atoms with E-state index >= 15 is 0 Å². The highest BCUT2D eigenvalue weighted by molar-refractivity contribution is 5.89. The van der Waals surface area contributed by atoms with Crippen molar-refractivity contribution in [2.24, 2.45) is 5.92 Å². The Morgan fingerprint density at radius 3 is 2.76 bits per heavy atom. The fourth-order valence-corrected chi connectivity index (χ4v) is 3.89. The molecule has 0 aliphatic carbocycles. The van der Waals surface area contributed by atoms with Crippen LogP contribution in [0.4, 0.5) is 0 Å². The maximum Gasteiger partial charge on any atom is 0.227 e. The van der Waals surface area contributed by atoms with Crippen LogP contribution in [0.1, 0.15) is 30.9 Å². The number of amides is 2. The normalized spacial score (nSPS) is 22.0. The summed E-state index contributed by atoms with van der Waals surface area (Å²) >= 11 is 0. The van der Waals surface area contributed by atoms with Crippen LogP contribution >= 0.6 is 0 Å². The first-order chi connectivity index (χ1) is 12.1. The van der Waals surface area contributed by atoms with Gasteiger partial charge in [0.1, 0.15) is 0 Å². The lowest BCUT2D eigenvalue weighted by Gasteiger charge is -2.33. The minimum absolute atomic E-state index is 0.0705. The summed E-state index contributed by atoms with van der Waals surface area (Å²) in [7, 11) is 1.77. The number of nitrogens with zero attached hydrogens (tertiary/aromatic N) is 4. The highest BCUT2D eigenvalue weighted by Crippen LogP contribution is 2.29. The average Bonchev–Trinajstić information content (AvgIpc) is 2.99. The van der Waals surface area contributed by atoms with Crippen molar-refractivity contribution < 1.29 is 9.59 Å². The van der Waals surface area contributed by atoms with Crippen LogP contribution in [0.15, 0.2) is 30.6 Å². The van der Waals surface area contributed by atoms with E-state index in [9.17, 15) is 9.59 Å². The molecule has 130 valence electrons. The third-order valence-corrected chi connectivity index (χ3v) is 5.42. The molecule has 0 aromatic carbocycles. The number of rotatable bonds is 2. The summed E-state index contributed by atoms with van der Waals surface area (Å²) < 4.78 is 0. The first-order valence-corrected chi connectivity index (χ1v) is 8.85. The Labute approximate surface area is 146 Å². The van der Waals surface area contributed by atoms with Gasteiger partial charge in [0.05, 0.1) is 11.4 Å². The van der Waals surface area contributed by atoms with E-state index in [1.165, 1.54) is 0 Å². The van der Waals surface area contributed by atoms with E-state index in [0.29, 0.717) is 18.9 Å². The molecular weight excluding hydrogens is 316 g/mol. The summed E-state index contributed by atoms with van der Waals surface area (Å²) in [4.78, 5) is 36.9. The zero-order valence-electron chi connectivity index (χ0n) is 14.4. The minimum atomic E-state index is -0.169. The van der Waals surface area contributed by atoms with Crippen molar-refractivity contribution in [1.82, 2.24) is 19.8 Å². The molecule has 2 amide bonds. The molecule has 2 aliphatic heterocycles. The van der Waals surface area contributed by atoms with Crippen molar-refractivity contribution in [3.05, 3.63) is 36.3 Å². The van der Waals surface area contributed by atoms with Crippen LogP contribution in [0.3, 0.4) is 0 Å². The molecule has 0 radical (unpaired) electrons. The second-order valence-corrected chi connectivity index (χ2v) is 7.08. The van der Waals surface area contributed by atoms with Gasteiger partial charge in [-0.15, -0.1) is 0 Å². The molecule has 0 saturated carbocycles. The Bertz CT molecular complexity index is 814. The molecule has 2 aromatic rings. The van der Waals surface area contributed by atoms with Crippen molar-refractivity contribution in [1.29, 1.82) is 0 Å². The van der Waals surface area contributed by atoms with Crippen molar-refractivity contribution >= 4 is 22.7 Å². The van der Waals surface area contributed by atoms with Gasteiger partial charge >= 0.3 is 0 Å². The Morgan fingerprint density at radius 2 is 2.04 bits per heavy atom. The maximum absolute atomic E-state index is 12.6. The molecule has 0 unspecified atom stereocenters. The van der Waals surface area contributed by atoms with Gasteiger partial charge < -0.3 is 9.80 Å². The fourth-order valence-electron chi connectivity index (χ4n) is 3.89. The summed E-state index contributed by atoms with van der Waals surface area (Å²) in [5, 5.41) is 1.05. The summed E-state index contributed by atoms with van der Waals surface area (Å²) in [6, 6.07) is 6.00. The molecule has 0 bridgehead atoms. The molecule has 2 aliphatic rings. The van der Waals surface area contributed by atoms with Crippen molar-refractivity contribution in [2.75, 3.05) is 26.7 Å². The number of carbonyl (C=O) groups excluding carboxylic acids is 2. The maximum atomic E-state index is 12.6. The van der Waals surface area contributed by atoms with Crippen LogP contribution in [-0.2, 0) is 9.59 Å². The first kappa shape index (κ1) is 16.0. The summed E-state index contributed by atoms with van der Waals surface area (Å²) in [6.45, 7) is 2.02. The molecule has 4 rings (SSSR count). The van der Waals surface area contributed by atoms with Gasteiger partial charge in [-0.2, -0.15) is 0 Å². The highest BCUT2D eigenvalue weighted by atomic mass is 16.2. The number of hydrogen-bond acceptors (Lipinski definition) is 4. The lowest BCUT2D eigenvalue weighted by molar-refractivity contribution is -0.136. The molecule has 2 saturated heterocycles. The number of likely N-dealkylation sites (tertiary alicyclic amines) is 2. The average molecular weight is 338 g/mol. The summed E-state index contributed by atoms with van der Waals surface area (Å²) in [5.74, 6) is 0.394. The predicted molar refractivity (Wildman–Crippen MR) is 93.8 cm³/mol.